The molecule has 0 aromatic carbocycles. The van der Waals surface area contributed by atoms with E-state index in [9.17, 15) is 4.79 Å². The van der Waals surface area contributed by atoms with Gasteiger partial charge >= 0.3 is 5.97 Å². The number of carbonyl (C=O) groups excluding carboxylic acids is 1. The fourth-order valence-electron chi connectivity index (χ4n) is 3.24. The Morgan fingerprint density at radius 3 is 2.79 bits per heavy atom. The summed E-state index contributed by atoms with van der Waals surface area (Å²) in [6.45, 7) is 11.0. The third-order valence-electron chi connectivity index (χ3n) is 4.53. The van der Waals surface area contributed by atoms with Crippen LogP contribution in [0.1, 0.15) is 70.2 Å². The van der Waals surface area contributed by atoms with E-state index in [1.807, 2.05) is 13.0 Å². The average molecular weight is 328 g/mol. The summed E-state index contributed by atoms with van der Waals surface area (Å²) in [5.41, 5.74) is 4.24. The van der Waals surface area contributed by atoms with Gasteiger partial charge in [-0.2, -0.15) is 0 Å². The van der Waals surface area contributed by atoms with Gasteiger partial charge in [-0.15, -0.1) is 0 Å². The van der Waals surface area contributed by atoms with Gasteiger partial charge in [0.05, 0.1) is 6.61 Å². The van der Waals surface area contributed by atoms with Crippen LogP contribution in [-0.4, -0.2) is 12.6 Å². The first-order valence-corrected chi connectivity index (χ1v) is 8.67. The SMILES string of the molecule is CCOC(=O)c1ccc(/C=C(\C)C=CC2=C(C)CCCC2(C)C)o1. The molecule has 1 aliphatic rings. The van der Waals surface area contributed by atoms with Gasteiger partial charge < -0.3 is 9.15 Å². The van der Waals surface area contributed by atoms with Crippen molar-refractivity contribution in [3.8, 4) is 0 Å². The third kappa shape index (κ3) is 4.50. The van der Waals surface area contributed by atoms with E-state index in [1.54, 1.807) is 19.1 Å². The lowest BCUT2D eigenvalue weighted by Gasteiger charge is -2.32. The molecule has 0 aliphatic heterocycles. The molecule has 0 N–H and O–H groups in total. The molecule has 0 saturated heterocycles. The topological polar surface area (TPSA) is 39.4 Å². The van der Waals surface area contributed by atoms with Gasteiger partial charge in [-0.1, -0.05) is 31.6 Å². The number of allylic oxidation sites excluding steroid dienone is 5. The molecule has 0 bridgehead atoms. The monoisotopic (exact) mass is 328 g/mol. The number of carbonyl (C=O) groups is 1. The zero-order valence-corrected chi connectivity index (χ0v) is 15.4. The van der Waals surface area contributed by atoms with Crippen LogP contribution in [0.2, 0.25) is 0 Å². The molecule has 0 fully saturated rings. The molecule has 130 valence electrons. The van der Waals surface area contributed by atoms with E-state index in [1.165, 1.54) is 30.4 Å². The molecule has 0 atom stereocenters. The summed E-state index contributed by atoms with van der Waals surface area (Å²) in [6, 6.07) is 3.44. The molecule has 0 spiro atoms. The zero-order valence-electron chi connectivity index (χ0n) is 15.4. The highest BCUT2D eigenvalue weighted by atomic mass is 16.5. The minimum absolute atomic E-state index is 0.237. The van der Waals surface area contributed by atoms with Gasteiger partial charge in [-0.05, 0) is 74.8 Å². The molecule has 0 saturated carbocycles. The largest absolute Gasteiger partial charge is 0.460 e. The summed E-state index contributed by atoms with van der Waals surface area (Å²) in [5, 5.41) is 0. The predicted molar refractivity (Wildman–Crippen MR) is 97.8 cm³/mol. The maximum atomic E-state index is 11.6. The lowest BCUT2D eigenvalue weighted by Crippen LogP contribution is -2.19. The Bertz CT molecular complexity index is 684. The van der Waals surface area contributed by atoms with Gasteiger partial charge in [0.25, 0.3) is 0 Å². The predicted octanol–water partition coefficient (Wildman–Crippen LogP) is 5.94. The number of hydrogen-bond acceptors (Lipinski definition) is 3. The van der Waals surface area contributed by atoms with Crippen LogP contribution in [0.25, 0.3) is 6.08 Å². The summed E-state index contributed by atoms with van der Waals surface area (Å²) in [5.74, 6) is 0.482. The fourth-order valence-corrected chi connectivity index (χ4v) is 3.24. The molecule has 0 radical (unpaired) electrons. The van der Waals surface area contributed by atoms with E-state index in [-0.39, 0.29) is 11.2 Å². The quantitative estimate of drug-likeness (QED) is 0.496. The lowest BCUT2D eigenvalue weighted by atomic mass is 9.72. The van der Waals surface area contributed by atoms with Crippen LogP contribution >= 0.6 is 0 Å². The average Bonchev–Trinajstić information content (AvgIpc) is 2.95. The number of esters is 1. The number of ether oxygens (including phenoxy) is 1. The highest BCUT2D eigenvalue weighted by molar-refractivity contribution is 5.86. The fraction of sp³-hybridized carbons (Fsp3) is 0.476. The molecule has 24 heavy (non-hydrogen) atoms. The first-order valence-electron chi connectivity index (χ1n) is 8.67. The van der Waals surface area contributed by atoms with Crippen molar-refractivity contribution in [1.29, 1.82) is 0 Å². The highest BCUT2D eigenvalue weighted by Crippen LogP contribution is 2.40. The molecule has 1 heterocycles. The maximum Gasteiger partial charge on any atom is 0.374 e. The maximum absolute atomic E-state index is 11.6. The number of furan rings is 1. The molecule has 3 heteroatoms. The third-order valence-corrected chi connectivity index (χ3v) is 4.53. The van der Waals surface area contributed by atoms with Crippen LogP contribution in [0.15, 0.2) is 45.4 Å². The van der Waals surface area contributed by atoms with E-state index >= 15 is 0 Å². The Hall–Kier alpha value is -2.03. The molecule has 3 nitrogen and oxygen atoms in total. The second kappa shape index (κ2) is 7.69. The molecular weight excluding hydrogens is 300 g/mol. The van der Waals surface area contributed by atoms with Gasteiger partial charge in [-0.25, -0.2) is 4.79 Å². The number of hydrogen-bond donors (Lipinski definition) is 0. The summed E-state index contributed by atoms with van der Waals surface area (Å²) in [6.07, 6.45) is 9.98. The second-order valence-corrected chi connectivity index (χ2v) is 7.08. The van der Waals surface area contributed by atoms with Gasteiger partial charge in [0.15, 0.2) is 0 Å². The van der Waals surface area contributed by atoms with E-state index in [0.717, 1.165) is 5.57 Å². The molecule has 2 rings (SSSR count). The van der Waals surface area contributed by atoms with Crippen LogP contribution in [0, 0.1) is 5.41 Å². The van der Waals surface area contributed by atoms with Crippen molar-refractivity contribution in [1.82, 2.24) is 0 Å². The first-order chi connectivity index (χ1) is 11.3. The Labute approximate surface area is 145 Å². The summed E-state index contributed by atoms with van der Waals surface area (Å²) < 4.78 is 10.5. The highest BCUT2D eigenvalue weighted by Gasteiger charge is 2.26. The van der Waals surface area contributed by atoms with E-state index in [0.29, 0.717) is 12.4 Å². The molecule has 0 unspecified atom stereocenters. The van der Waals surface area contributed by atoms with E-state index < -0.39 is 5.97 Å². The van der Waals surface area contributed by atoms with Crippen molar-refractivity contribution in [3.05, 3.63) is 52.5 Å². The first kappa shape index (κ1) is 18.3. The van der Waals surface area contributed by atoms with Crippen molar-refractivity contribution < 1.29 is 13.9 Å². The van der Waals surface area contributed by atoms with Gasteiger partial charge in [0.1, 0.15) is 5.76 Å². The summed E-state index contributed by atoms with van der Waals surface area (Å²) in [4.78, 5) is 11.6. The van der Waals surface area contributed by atoms with Crippen molar-refractivity contribution in [2.75, 3.05) is 6.61 Å². The zero-order chi connectivity index (χ0) is 17.7. The lowest BCUT2D eigenvalue weighted by molar-refractivity contribution is 0.0489. The Kier molecular flexibility index (Phi) is 5.87. The van der Waals surface area contributed by atoms with Crippen LogP contribution < -0.4 is 0 Å². The Morgan fingerprint density at radius 1 is 1.38 bits per heavy atom. The van der Waals surface area contributed by atoms with Crippen LogP contribution in [-0.2, 0) is 4.74 Å². The second-order valence-electron chi connectivity index (χ2n) is 7.08. The van der Waals surface area contributed by atoms with E-state index in [4.69, 9.17) is 9.15 Å². The van der Waals surface area contributed by atoms with Crippen molar-refractivity contribution in [2.24, 2.45) is 5.41 Å². The van der Waals surface area contributed by atoms with Crippen LogP contribution in [0.3, 0.4) is 0 Å². The summed E-state index contributed by atoms with van der Waals surface area (Å²) in [7, 11) is 0. The molecular formula is C21H28O3. The van der Waals surface area contributed by atoms with Crippen molar-refractivity contribution >= 4 is 12.0 Å². The van der Waals surface area contributed by atoms with Crippen LogP contribution in [0.5, 0.6) is 0 Å². The van der Waals surface area contributed by atoms with E-state index in [2.05, 4.69) is 32.9 Å². The standard InChI is InChI=1S/C21H28O3/c1-6-23-20(22)19-12-10-17(24-19)14-15(2)9-11-18-16(3)8-7-13-21(18,4)5/h9-12,14H,6-8,13H2,1-5H3/b11-9?,15-14+. The molecule has 1 aromatic rings. The van der Waals surface area contributed by atoms with Crippen LogP contribution in [0.4, 0.5) is 0 Å². The number of rotatable bonds is 5. The Morgan fingerprint density at radius 2 is 2.12 bits per heavy atom. The molecule has 1 aliphatic carbocycles. The smallest absolute Gasteiger partial charge is 0.374 e. The van der Waals surface area contributed by atoms with Crippen molar-refractivity contribution in [3.63, 3.8) is 0 Å². The Balaban J connectivity index is 2.13. The summed E-state index contributed by atoms with van der Waals surface area (Å²) >= 11 is 0. The normalized spacial score (nSPS) is 18.3. The van der Waals surface area contributed by atoms with Gasteiger partial charge in [0.2, 0.25) is 5.76 Å². The van der Waals surface area contributed by atoms with Crippen molar-refractivity contribution in [2.45, 2.75) is 53.9 Å². The van der Waals surface area contributed by atoms with Gasteiger partial charge in [0, 0.05) is 0 Å². The molecule has 1 aromatic heterocycles. The van der Waals surface area contributed by atoms with Gasteiger partial charge in [-0.3, -0.25) is 0 Å². The molecule has 0 amide bonds. The minimum atomic E-state index is -0.421. The minimum Gasteiger partial charge on any atom is -0.460 e.